The highest BCUT2D eigenvalue weighted by Crippen LogP contribution is 2.33. The zero-order valence-corrected chi connectivity index (χ0v) is 16.7. The number of halogens is 3. The van der Waals surface area contributed by atoms with Crippen molar-refractivity contribution >= 4 is 16.9 Å². The molecular formula is C22H22F3N3O2. The van der Waals surface area contributed by atoms with Crippen molar-refractivity contribution in [3.05, 3.63) is 59.4 Å². The first-order valence-electron chi connectivity index (χ1n) is 9.76. The van der Waals surface area contributed by atoms with E-state index in [2.05, 4.69) is 4.98 Å². The Labute approximate surface area is 172 Å². The number of piperidine rings is 1. The number of hydrogen-bond acceptors (Lipinski definition) is 3. The molecule has 1 aliphatic heterocycles. The molecule has 8 heteroatoms. The van der Waals surface area contributed by atoms with Crippen LogP contribution >= 0.6 is 0 Å². The maximum Gasteiger partial charge on any atom is 0.416 e. The van der Waals surface area contributed by atoms with Gasteiger partial charge < -0.3 is 14.2 Å². The molecule has 1 amide bonds. The zero-order valence-electron chi connectivity index (χ0n) is 16.7. The van der Waals surface area contributed by atoms with Crippen molar-refractivity contribution in [1.29, 1.82) is 0 Å². The van der Waals surface area contributed by atoms with Crippen molar-refractivity contribution in [1.82, 2.24) is 14.5 Å². The lowest BCUT2D eigenvalue weighted by Gasteiger charge is -2.33. The summed E-state index contributed by atoms with van der Waals surface area (Å²) in [5.74, 6) is 0.647. The van der Waals surface area contributed by atoms with Crippen molar-refractivity contribution < 1.29 is 22.7 Å². The van der Waals surface area contributed by atoms with Crippen LogP contribution in [-0.2, 0) is 6.18 Å². The van der Waals surface area contributed by atoms with Gasteiger partial charge in [0.25, 0.3) is 5.91 Å². The van der Waals surface area contributed by atoms with E-state index in [0.29, 0.717) is 48.3 Å². The third kappa shape index (κ3) is 3.62. The number of fused-ring (bicyclic) bond motifs is 1. The number of hydrogen-bond donors (Lipinski definition) is 0. The molecule has 5 nitrogen and oxygen atoms in total. The van der Waals surface area contributed by atoms with Crippen molar-refractivity contribution in [2.45, 2.75) is 32.0 Å². The Morgan fingerprint density at radius 2 is 1.90 bits per heavy atom. The number of ether oxygens (including phenoxy) is 1. The van der Waals surface area contributed by atoms with Gasteiger partial charge in [-0.15, -0.1) is 0 Å². The third-order valence-electron chi connectivity index (χ3n) is 5.78. The van der Waals surface area contributed by atoms with E-state index in [9.17, 15) is 18.0 Å². The highest BCUT2D eigenvalue weighted by molar-refractivity contribution is 5.96. The number of imidazole rings is 1. The second-order valence-electron chi connectivity index (χ2n) is 7.51. The predicted octanol–water partition coefficient (Wildman–Crippen LogP) is 4.85. The summed E-state index contributed by atoms with van der Waals surface area (Å²) in [5.41, 5.74) is 1.75. The first-order chi connectivity index (χ1) is 14.3. The van der Waals surface area contributed by atoms with E-state index in [1.165, 1.54) is 6.07 Å². The average Bonchev–Trinajstić information content (AvgIpc) is 3.16. The first-order valence-corrected chi connectivity index (χ1v) is 9.76. The summed E-state index contributed by atoms with van der Waals surface area (Å²) in [6.07, 6.45) is -1.37. The van der Waals surface area contributed by atoms with Crippen molar-refractivity contribution in [3.63, 3.8) is 0 Å². The lowest BCUT2D eigenvalue weighted by Crippen LogP contribution is -2.39. The van der Waals surface area contributed by atoms with E-state index in [0.717, 1.165) is 17.7 Å². The minimum atomic E-state index is -4.39. The van der Waals surface area contributed by atoms with Gasteiger partial charge in [0.1, 0.15) is 5.75 Å². The number of rotatable bonds is 3. The fraction of sp³-hybridized carbons (Fsp3) is 0.364. The summed E-state index contributed by atoms with van der Waals surface area (Å²) in [5, 5.41) is 0. The monoisotopic (exact) mass is 417 g/mol. The summed E-state index contributed by atoms with van der Waals surface area (Å²) in [6, 6.07) is 9.16. The molecule has 1 saturated heterocycles. The Hall–Kier alpha value is -3.03. The highest BCUT2D eigenvalue weighted by Gasteiger charge is 2.31. The third-order valence-corrected chi connectivity index (χ3v) is 5.78. The number of carbonyl (C=O) groups excluding carboxylic acids is 1. The normalized spacial score (nSPS) is 15.6. The topological polar surface area (TPSA) is 47.4 Å². The van der Waals surface area contributed by atoms with E-state index in [4.69, 9.17) is 4.74 Å². The van der Waals surface area contributed by atoms with Crippen molar-refractivity contribution in [3.8, 4) is 5.75 Å². The van der Waals surface area contributed by atoms with Crippen LogP contribution in [0.15, 0.2) is 42.7 Å². The van der Waals surface area contributed by atoms with E-state index in [1.807, 2.05) is 22.5 Å². The molecule has 3 aromatic rings. The van der Waals surface area contributed by atoms with Crippen LogP contribution in [-0.4, -0.2) is 40.6 Å². The molecule has 2 aromatic carbocycles. The number of likely N-dealkylation sites (tertiary alicyclic amines) is 1. The Morgan fingerprint density at radius 1 is 1.17 bits per heavy atom. The van der Waals surface area contributed by atoms with E-state index >= 15 is 0 Å². The molecule has 0 unspecified atom stereocenters. The smallest absolute Gasteiger partial charge is 0.416 e. The average molecular weight is 417 g/mol. The van der Waals surface area contributed by atoms with Gasteiger partial charge in [-0.1, -0.05) is 6.07 Å². The minimum absolute atomic E-state index is 0.0323. The van der Waals surface area contributed by atoms with Crippen LogP contribution in [0.3, 0.4) is 0 Å². The minimum Gasteiger partial charge on any atom is -0.496 e. The van der Waals surface area contributed by atoms with E-state index < -0.39 is 11.7 Å². The fourth-order valence-electron chi connectivity index (χ4n) is 4.08. The molecule has 0 bridgehead atoms. The maximum atomic E-state index is 13.0. The van der Waals surface area contributed by atoms with Crippen molar-refractivity contribution in [2.24, 2.45) is 0 Å². The van der Waals surface area contributed by atoms with Gasteiger partial charge in [0.05, 0.1) is 30.0 Å². The van der Waals surface area contributed by atoms with Gasteiger partial charge in [-0.3, -0.25) is 4.79 Å². The summed E-state index contributed by atoms with van der Waals surface area (Å²) in [7, 11) is 1.58. The molecule has 30 heavy (non-hydrogen) atoms. The Kier molecular flexibility index (Phi) is 5.17. The Bertz CT molecular complexity index is 1080. The second-order valence-corrected chi connectivity index (χ2v) is 7.51. The second kappa shape index (κ2) is 7.66. The molecular weight excluding hydrogens is 395 g/mol. The molecule has 1 aliphatic rings. The lowest BCUT2D eigenvalue weighted by molar-refractivity contribution is -0.137. The van der Waals surface area contributed by atoms with Gasteiger partial charge in [-0.25, -0.2) is 4.98 Å². The number of alkyl halides is 3. The predicted molar refractivity (Wildman–Crippen MR) is 107 cm³/mol. The highest BCUT2D eigenvalue weighted by atomic mass is 19.4. The maximum absolute atomic E-state index is 13.0. The Balaban J connectivity index is 1.49. The van der Waals surface area contributed by atoms with Crippen LogP contribution in [0.25, 0.3) is 11.0 Å². The summed E-state index contributed by atoms with van der Waals surface area (Å²) in [6.45, 7) is 3.01. The number of methoxy groups -OCH3 is 1. The van der Waals surface area contributed by atoms with Crippen molar-refractivity contribution in [2.75, 3.05) is 20.2 Å². The zero-order chi connectivity index (χ0) is 21.5. The molecule has 1 fully saturated rings. The molecule has 0 aliphatic carbocycles. The van der Waals surface area contributed by atoms with Crippen LogP contribution in [0.4, 0.5) is 13.2 Å². The molecule has 0 radical (unpaired) electrons. The SMILES string of the molecule is COc1cccc(C(=O)N2CCC(n3cnc4cc(C(F)(F)F)ccc43)CC2)c1C. The number of aromatic nitrogens is 2. The summed E-state index contributed by atoms with van der Waals surface area (Å²) < 4.78 is 46.0. The molecule has 2 heterocycles. The quantitative estimate of drug-likeness (QED) is 0.612. The van der Waals surface area contributed by atoms with Crippen LogP contribution in [0, 0.1) is 6.92 Å². The van der Waals surface area contributed by atoms with Gasteiger partial charge in [0, 0.05) is 30.3 Å². The summed E-state index contributed by atoms with van der Waals surface area (Å²) in [4.78, 5) is 19.0. The standard InChI is InChI=1S/C22H22F3N3O2/c1-14-17(4-3-5-20(14)30-2)21(29)27-10-8-16(9-11-27)28-13-26-18-12-15(22(23,24)25)6-7-19(18)28/h3-7,12-13,16H,8-11H2,1-2H3. The van der Waals surface area contributed by atoms with Gasteiger partial charge in [-0.05, 0) is 50.1 Å². The molecule has 0 N–H and O–H groups in total. The van der Waals surface area contributed by atoms with Crippen LogP contribution in [0.1, 0.15) is 40.4 Å². The van der Waals surface area contributed by atoms with Crippen LogP contribution in [0.2, 0.25) is 0 Å². The molecule has 0 spiro atoms. The largest absolute Gasteiger partial charge is 0.496 e. The van der Waals surface area contributed by atoms with Gasteiger partial charge in [0.15, 0.2) is 0 Å². The fourth-order valence-corrected chi connectivity index (χ4v) is 4.08. The molecule has 0 saturated carbocycles. The van der Waals surface area contributed by atoms with Crippen LogP contribution < -0.4 is 4.74 Å². The molecule has 158 valence electrons. The number of amides is 1. The van der Waals surface area contributed by atoms with Gasteiger partial charge in [0.2, 0.25) is 0 Å². The lowest BCUT2D eigenvalue weighted by atomic mass is 10.0. The van der Waals surface area contributed by atoms with Gasteiger partial charge >= 0.3 is 6.18 Å². The summed E-state index contributed by atoms with van der Waals surface area (Å²) >= 11 is 0. The number of carbonyl (C=O) groups is 1. The van der Waals surface area contributed by atoms with E-state index in [-0.39, 0.29) is 11.9 Å². The molecule has 1 aromatic heterocycles. The van der Waals surface area contributed by atoms with Crippen LogP contribution in [0.5, 0.6) is 5.75 Å². The van der Waals surface area contributed by atoms with E-state index in [1.54, 1.807) is 25.6 Å². The first kappa shape index (κ1) is 20.3. The molecule has 4 rings (SSSR count). The number of nitrogens with zero attached hydrogens (tertiary/aromatic N) is 3. The number of benzene rings is 2. The molecule has 0 atom stereocenters. The Morgan fingerprint density at radius 3 is 2.57 bits per heavy atom. The van der Waals surface area contributed by atoms with Gasteiger partial charge in [-0.2, -0.15) is 13.2 Å².